The number of allylic oxidation sites excluding steroid dienone is 1. The number of alkyl halides is 3. The summed E-state index contributed by atoms with van der Waals surface area (Å²) >= 11 is 0. The van der Waals surface area contributed by atoms with E-state index in [4.69, 9.17) is 14.2 Å². The zero-order valence-corrected chi connectivity index (χ0v) is 13.8. The Hall–Kier alpha value is -2.89. The second-order valence-electron chi connectivity index (χ2n) is 6.11. The minimum Gasteiger partial charge on any atom is -0.486 e. The molecular formula is C20H15F3O3. The topological polar surface area (TPSA) is 27.7 Å². The smallest absolute Gasteiger partial charge is 0.416 e. The molecule has 6 heteroatoms. The summed E-state index contributed by atoms with van der Waals surface area (Å²) < 4.78 is 54.6. The molecule has 0 spiro atoms. The fraction of sp³-hybridized carbons (Fsp3) is 0.200. The predicted molar refractivity (Wildman–Crippen MR) is 90.5 cm³/mol. The normalized spacial score (nSPS) is 18.5. The van der Waals surface area contributed by atoms with Crippen LogP contribution in [0.1, 0.15) is 35.3 Å². The fourth-order valence-electron chi connectivity index (χ4n) is 2.99. The molecule has 0 bridgehead atoms. The summed E-state index contributed by atoms with van der Waals surface area (Å²) in [5.74, 6) is 2.10. The van der Waals surface area contributed by atoms with Gasteiger partial charge in [-0.1, -0.05) is 18.2 Å². The highest BCUT2D eigenvalue weighted by atomic mass is 19.4. The van der Waals surface area contributed by atoms with E-state index >= 15 is 0 Å². The summed E-state index contributed by atoms with van der Waals surface area (Å²) in [6, 6.07) is 8.79. The van der Waals surface area contributed by atoms with Gasteiger partial charge in [0.25, 0.3) is 0 Å². The SMILES string of the molecule is CC1=Cc2cc3c(cc2C(C=Cc2ccc(C(F)(F)F)cc2)O1)OCO3. The Morgan fingerprint density at radius 1 is 1.04 bits per heavy atom. The second kappa shape index (κ2) is 6.12. The third-order valence-electron chi connectivity index (χ3n) is 4.26. The minimum absolute atomic E-state index is 0.188. The first-order valence-corrected chi connectivity index (χ1v) is 8.04. The van der Waals surface area contributed by atoms with Crippen molar-refractivity contribution in [3.63, 3.8) is 0 Å². The zero-order valence-electron chi connectivity index (χ0n) is 13.8. The van der Waals surface area contributed by atoms with E-state index in [1.807, 2.05) is 31.2 Å². The van der Waals surface area contributed by atoms with Gasteiger partial charge < -0.3 is 14.2 Å². The van der Waals surface area contributed by atoms with E-state index in [-0.39, 0.29) is 12.9 Å². The van der Waals surface area contributed by atoms with Crippen LogP contribution in [0.2, 0.25) is 0 Å². The van der Waals surface area contributed by atoms with Crippen LogP contribution < -0.4 is 9.47 Å². The molecule has 0 saturated carbocycles. The molecule has 1 unspecified atom stereocenters. The molecule has 134 valence electrons. The predicted octanol–water partition coefficient (Wildman–Crippen LogP) is 5.58. The summed E-state index contributed by atoms with van der Waals surface area (Å²) in [7, 11) is 0. The van der Waals surface area contributed by atoms with Crippen molar-refractivity contribution >= 4 is 12.2 Å². The first kappa shape index (κ1) is 16.6. The molecule has 2 aromatic rings. The Balaban J connectivity index is 1.61. The van der Waals surface area contributed by atoms with Gasteiger partial charge in [0.15, 0.2) is 11.5 Å². The van der Waals surface area contributed by atoms with Crippen LogP contribution in [0.3, 0.4) is 0 Å². The van der Waals surface area contributed by atoms with E-state index in [0.29, 0.717) is 17.1 Å². The highest BCUT2D eigenvalue weighted by molar-refractivity contribution is 5.65. The van der Waals surface area contributed by atoms with Gasteiger partial charge in [0, 0.05) is 5.56 Å². The van der Waals surface area contributed by atoms with E-state index in [2.05, 4.69) is 0 Å². The van der Waals surface area contributed by atoms with E-state index in [1.54, 1.807) is 6.08 Å². The van der Waals surface area contributed by atoms with E-state index in [9.17, 15) is 13.2 Å². The number of hydrogen-bond acceptors (Lipinski definition) is 3. The van der Waals surface area contributed by atoms with Gasteiger partial charge in [-0.3, -0.25) is 0 Å². The van der Waals surface area contributed by atoms with E-state index in [1.165, 1.54) is 12.1 Å². The number of ether oxygens (including phenoxy) is 3. The lowest BCUT2D eigenvalue weighted by Crippen LogP contribution is -2.07. The van der Waals surface area contributed by atoms with Gasteiger partial charge in [0.1, 0.15) is 6.10 Å². The molecule has 2 heterocycles. The lowest BCUT2D eigenvalue weighted by molar-refractivity contribution is -0.137. The third kappa shape index (κ3) is 3.14. The molecule has 0 radical (unpaired) electrons. The summed E-state index contributed by atoms with van der Waals surface area (Å²) in [6.07, 6.45) is 0.794. The van der Waals surface area contributed by atoms with Crippen LogP contribution in [-0.2, 0) is 10.9 Å². The zero-order chi connectivity index (χ0) is 18.3. The Labute approximate surface area is 148 Å². The summed E-state index contributed by atoms with van der Waals surface area (Å²) in [5, 5.41) is 0. The van der Waals surface area contributed by atoms with Gasteiger partial charge in [0.05, 0.1) is 11.3 Å². The van der Waals surface area contributed by atoms with Gasteiger partial charge in [-0.2, -0.15) is 13.2 Å². The Kier molecular flexibility index (Phi) is 3.90. The molecule has 26 heavy (non-hydrogen) atoms. The van der Waals surface area contributed by atoms with E-state index < -0.39 is 11.7 Å². The van der Waals surface area contributed by atoms with Crippen LogP contribution in [0, 0.1) is 0 Å². The highest BCUT2D eigenvalue weighted by Crippen LogP contribution is 2.41. The number of fused-ring (bicyclic) bond motifs is 2. The third-order valence-corrected chi connectivity index (χ3v) is 4.26. The van der Waals surface area contributed by atoms with Crippen LogP contribution >= 0.6 is 0 Å². The van der Waals surface area contributed by atoms with E-state index in [0.717, 1.165) is 29.0 Å². The Bertz CT molecular complexity index is 896. The maximum absolute atomic E-state index is 12.6. The van der Waals surface area contributed by atoms with Crippen molar-refractivity contribution in [3.8, 4) is 11.5 Å². The number of hydrogen-bond donors (Lipinski definition) is 0. The van der Waals surface area contributed by atoms with Crippen LogP contribution in [-0.4, -0.2) is 6.79 Å². The molecule has 2 aliphatic rings. The first-order valence-electron chi connectivity index (χ1n) is 8.04. The monoisotopic (exact) mass is 360 g/mol. The summed E-state index contributed by atoms with van der Waals surface area (Å²) in [5.41, 5.74) is 1.89. The molecule has 2 aliphatic heterocycles. The second-order valence-corrected chi connectivity index (χ2v) is 6.11. The summed E-state index contributed by atoms with van der Waals surface area (Å²) in [6.45, 7) is 2.04. The lowest BCUT2D eigenvalue weighted by atomic mass is 9.97. The van der Waals surface area contributed by atoms with Gasteiger partial charge in [-0.15, -0.1) is 0 Å². The van der Waals surface area contributed by atoms with Gasteiger partial charge in [0.2, 0.25) is 6.79 Å². The molecule has 1 atom stereocenters. The van der Waals surface area contributed by atoms with Crippen molar-refractivity contribution < 1.29 is 27.4 Å². The molecule has 0 aromatic heterocycles. The molecule has 2 aromatic carbocycles. The van der Waals surface area contributed by atoms with Crippen LogP contribution in [0.4, 0.5) is 13.2 Å². The lowest BCUT2D eigenvalue weighted by Gasteiger charge is -2.24. The van der Waals surface area contributed by atoms with Crippen molar-refractivity contribution in [1.29, 1.82) is 0 Å². The Morgan fingerprint density at radius 2 is 1.73 bits per heavy atom. The largest absolute Gasteiger partial charge is 0.486 e. The molecule has 0 N–H and O–H groups in total. The number of rotatable bonds is 2. The molecule has 0 aliphatic carbocycles. The van der Waals surface area contributed by atoms with Crippen molar-refractivity contribution in [2.45, 2.75) is 19.2 Å². The van der Waals surface area contributed by atoms with Crippen molar-refractivity contribution in [2.75, 3.05) is 6.79 Å². The van der Waals surface area contributed by atoms with Gasteiger partial charge in [-0.05, 0) is 54.5 Å². The van der Waals surface area contributed by atoms with Crippen LogP contribution in [0.25, 0.3) is 12.2 Å². The van der Waals surface area contributed by atoms with Gasteiger partial charge in [-0.25, -0.2) is 0 Å². The van der Waals surface area contributed by atoms with Crippen LogP contribution in [0.5, 0.6) is 11.5 Å². The maximum Gasteiger partial charge on any atom is 0.416 e. The molecule has 4 rings (SSSR count). The summed E-state index contributed by atoms with van der Waals surface area (Å²) in [4.78, 5) is 0. The molecule has 0 fully saturated rings. The molecular weight excluding hydrogens is 345 g/mol. The minimum atomic E-state index is -4.34. The standard InChI is InChI=1S/C20H15F3O3/c1-12-8-14-9-18-19(25-11-24-18)10-16(14)17(26-12)7-4-13-2-5-15(6-3-13)20(21,22)23/h2-10,17H,11H2,1H3. The maximum atomic E-state index is 12.6. The van der Waals surface area contributed by atoms with Crippen LogP contribution in [0.15, 0.2) is 48.2 Å². The first-order chi connectivity index (χ1) is 12.4. The number of halogens is 3. The van der Waals surface area contributed by atoms with Crippen molar-refractivity contribution in [3.05, 3.63) is 70.5 Å². The molecule has 0 saturated heterocycles. The molecule has 3 nitrogen and oxygen atoms in total. The highest BCUT2D eigenvalue weighted by Gasteiger charge is 2.30. The average molecular weight is 360 g/mol. The number of benzene rings is 2. The van der Waals surface area contributed by atoms with Crippen molar-refractivity contribution in [1.82, 2.24) is 0 Å². The average Bonchev–Trinajstić information content (AvgIpc) is 3.04. The van der Waals surface area contributed by atoms with Crippen molar-refractivity contribution in [2.24, 2.45) is 0 Å². The Morgan fingerprint density at radius 3 is 2.42 bits per heavy atom. The fourth-order valence-corrected chi connectivity index (χ4v) is 2.99. The molecule has 0 amide bonds. The van der Waals surface area contributed by atoms with Gasteiger partial charge >= 0.3 is 6.18 Å². The quantitative estimate of drug-likeness (QED) is 0.700.